The van der Waals surface area contributed by atoms with E-state index in [4.69, 9.17) is 9.47 Å². The molecule has 156 valence electrons. The summed E-state index contributed by atoms with van der Waals surface area (Å²) < 4.78 is 11.3. The molecule has 0 unspecified atom stereocenters. The number of piperidine rings is 1. The number of methoxy groups -OCH3 is 1. The summed E-state index contributed by atoms with van der Waals surface area (Å²) in [5, 5.41) is 6.27. The molecule has 2 N–H and O–H groups in total. The van der Waals surface area contributed by atoms with Gasteiger partial charge in [-0.25, -0.2) is 0 Å². The molecule has 6 nitrogen and oxygen atoms in total. The van der Waals surface area contributed by atoms with Gasteiger partial charge >= 0.3 is 0 Å². The summed E-state index contributed by atoms with van der Waals surface area (Å²) in [5.74, 6) is 0.834. The Bertz CT molecular complexity index is 536. The van der Waals surface area contributed by atoms with Crippen molar-refractivity contribution in [3.8, 4) is 5.75 Å². The van der Waals surface area contributed by atoms with Gasteiger partial charge < -0.3 is 25.0 Å². The lowest BCUT2D eigenvalue weighted by Crippen LogP contribution is -2.53. The van der Waals surface area contributed by atoms with E-state index in [1.165, 1.54) is 0 Å². The third-order valence-corrected chi connectivity index (χ3v) is 4.61. The largest absolute Gasteiger partial charge is 0.494 e. The van der Waals surface area contributed by atoms with E-state index in [9.17, 15) is 4.79 Å². The van der Waals surface area contributed by atoms with Gasteiger partial charge in [0.25, 0.3) is 5.91 Å². The van der Waals surface area contributed by atoms with Crippen molar-refractivity contribution in [2.45, 2.75) is 31.4 Å². The summed E-state index contributed by atoms with van der Waals surface area (Å²) >= 11 is 0. The second kappa shape index (κ2) is 13.2. The zero-order valence-electron chi connectivity index (χ0n) is 16.5. The molecular formula is C19H33Cl2N3O3. The molecule has 2 rings (SSSR count). The molecule has 27 heavy (non-hydrogen) atoms. The van der Waals surface area contributed by atoms with Gasteiger partial charge in [-0.05, 0) is 64.1 Å². The molecule has 0 aromatic heterocycles. The van der Waals surface area contributed by atoms with Crippen molar-refractivity contribution < 1.29 is 14.3 Å². The Hall–Kier alpha value is -1.05. The first kappa shape index (κ1) is 26.0. The molecule has 1 aliphatic heterocycles. The van der Waals surface area contributed by atoms with Gasteiger partial charge in [-0.1, -0.05) is 12.1 Å². The van der Waals surface area contributed by atoms with Gasteiger partial charge in [-0.15, -0.1) is 24.8 Å². The Kier molecular flexibility index (Phi) is 12.7. The summed E-state index contributed by atoms with van der Waals surface area (Å²) in [6, 6.07) is 7.88. The summed E-state index contributed by atoms with van der Waals surface area (Å²) in [6.07, 6.45) is 2.41. The molecule has 0 spiro atoms. The van der Waals surface area contributed by atoms with Crippen molar-refractivity contribution in [1.82, 2.24) is 15.5 Å². The van der Waals surface area contributed by atoms with Crippen LogP contribution < -0.4 is 15.4 Å². The lowest BCUT2D eigenvalue weighted by molar-refractivity contribution is -0.146. The van der Waals surface area contributed by atoms with E-state index >= 15 is 0 Å². The highest BCUT2D eigenvalue weighted by molar-refractivity contribution is 5.86. The van der Waals surface area contributed by atoms with Gasteiger partial charge in [0.15, 0.2) is 0 Å². The highest BCUT2D eigenvalue weighted by Crippen LogP contribution is 2.22. The molecule has 1 aliphatic rings. The van der Waals surface area contributed by atoms with Gasteiger partial charge in [-0.2, -0.15) is 0 Å². The third kappa shape index (κ3) is 8.23. The third-order valence-electron chi connectivity index (χ3n) is 4.61. The van der Waals surface area contributed by atoms with Crippen LogP contribution in [0, 0.1) is 0 Å². The summed E-state index contributed by atoms with van der Waals surface area (Å²) in [4.78, 5) is 14.7. The Balaban J connectivity index is 0.00000338. The van der Waals surface area contributed by atoms with Crippen molar-refractivity contribution in [1.29, 1.82) is 0 Å². The molecule has 0 atom stereocenters. The molecule has 1 aromatic rings. The van der Waals surface area contributed by atoms with Crippen molar-refractivity contribution in [3.05, 3.63) is 29.8 Å². The predicted octanol–water partition coefficient (Wildman–Crippen LogP) is 2.25. The van der Waals surface area contributed by atoms with E-state index in [0.717, 1.165) is 37.4 Å². The van der Waals surface area contributed by atoms with E-state index in [2.05, 4.69) is 29.6 Å². The van der Waals surface area contributed by atoms with Gasteiger partial charge in [-0.3, -0.25) is 4.79 Å². The van der Waals surface area contributed by atoms with Crippen molar-refractivity contribution in [3.63, 3.8) is 0 Å². The quantitative estimate of drug-likeness (QED) is 0.598. The number of halogens is 2. The highest BCUT2D eigenvalue weighted by Gasteiger charge is 2.39. The van der Waals surface area contributed by atoms with E-state index in [-0.39, 0.29) is 30.7 Å². The van der Waals surface area contributed by atoms with Crippen LogP contribution in [0.4, 0.5) is 0 Å². The lowest BCUT2D eigenvalue weighted by Gasteiger charge is -2.34. The monoisotopic (exact) mass is 421 g/mol. The predicted molar refractivity (Wildman–Crippen MR) is 113 cm³/mol. The fourth-order valence-electron chi connectivity index (χ4n) is 2.97. The molecule has 0 bridgehead atoms. The standard InChI is InChI=1S/C19H31N3O3.2ClH/c1-22(2)13-4-14-25-17-7-5-16(6-8-17)15-21-18(23)19(24-3)9-11-20-12-10-19;;/h5-8,20H,4,9-15H2,1-3H3,(H,21,23);2*1H. The summed E-state index contributed by atoms with van der Waals surface area (Å²) in [7, 11) is 5.73. The van der Waals surface area contributed by atoms with Crippen LogP contribution in [0.1, 0.15) is 24.8 Å². The second-order valence-electron chi connectivity index (χ2n) is 6.78. The molecule has 1 amide bonds. The van der Waals surface area contributed by atoms with Gasteiger partial charge in [0.1, 0.15) is 11.4 Å². The normalized spacial score (nSPS) is 15.4. The van der Waals surface area contributed by atoms with Crippen molar-refractivity contribution in [2.24, 2.45) is 0 Å². The number of benzene rings is 1. The highest BCUT2D eigenvalue weighted by atomic mass is 35.5. The maximum Gasteiger partial charge on any atom is 0.252 e. The van der Waals surface area contributed by atoms with Crippen LogP contribution in [0.3, 0.4) is 0 Å². The zero-order chi connectivity index (χ0) is 18.1. The first-order chi connectivity index (χ1) is 12.1. The van der Waals surface area contributed by atoms with Crippen LogP contribution in [0.5, 0.6) is 5.75 Å². The Labute approximate surface area is 175 Å². The lowest BCUT2D eigenvalue weighted by atomic mass is 9.91. The second-order valence-corrected chi connectivity index (χ2v) is 6.78. The maximum atomic E-state index is 12.5. The van der Waals surface area contributed by atoms with Crippen LogP contribution in [0.2, 0.25) is 0 Å². The van der Waals surface area contributed by atoms with E-state index in [1.807, 2.05) is 24.3 Å². The number of ether oxygens (including phenoxy) is 2. The number of hydrogen-bond acceptors (Lipinski definition) is 5. The molecule has 8 heteroatoms. The first-order valence-electron chi connectivity index (χ1n) is 8.96. The van der Waals surface area contributed by atoms with E-state index < -0.39 is 5.60 Å². The molecule has 0 saturated carbocycles. The molecule has 0 radical (unpaired) electrons. The molecule has 1 fully saturated rings. The number of carbonyl (C=O) groups is 1. The van der Waals surface area contributed by atoms with Crippen LogP contribution >= 0.6 is 24.8 Å². The molecule has 1 aromatic carbocycles. The van der Waals surface area contributed by atoms with E-state index in [0.29, 0.717) is 26.0 Å². The number of rotatable bonds is 9. The summed E-state index contributed by atoms with van der Waals surface area (Å²) in [6.45, 7) is 3.83. The average molecular weight is 422 g/mol. The topological polar surface area (TPSA) is 62.8 Å². The minimum atomic E-state index is -0.694. The average Bonchev–Trinajstić information content (AvgIpc) is 2.64. The zero-order valence-corrected chi connectivity index (χ0v) is 18.1. The molecule has 1 saturated heterocycles. The van der Waals surface area contributed by atoms with Gasteiger partial charge in [0, 0.05) is 20.2 Å². The maximum absolute atomic E-state index is 12.5. The number of nitrogens with one attached hydrogen (secondary N) is 2. The van der Waals surface area contributed by atoms with Crippen molar-refractivity contribution in [2.75, 3.05) is 47.4 Å². The van der Waals surface area contributed by atoms with E-state index in [1.54, 1.807) is 7.11 Å². The van der Waals surface area contributed by atoms with Gasteiger partial charge in [0.05, 0.1) is 6.61 Å². The van der Waals surface area contributed by atoms with Crippen LogP contribution in [0.15, 0.2) is 24.3 Å². The number of amides is 1. The SMILES string of the molecule is COC1(C(=O)NCc2ccc(OCCCN(C)C)cc2)CCNCC1.Cl.Cl. The van der Waals surface area contributed by atoms with Crippen molar-refractivity contribution >= 4 is 30.7 Å². The number of hydrogen-bond donors (Lipinski definition) is 2. The van der Waals surface area contributed by atoms with Crippen LogP contribution in [-0.2, 0) is 16.1 Å². The smallest absolute Gasteiger partial charge is 0.252 e. The van der Waals surface area contributed by atoms with Crippen LogP contribution in [-0.4, -0.2) is 63.9 Å². The number of carbonyl (C=O) groups excluding carboxylic acids is 1. The molecule has 1 heterocycles. The molecular weight excluding hydrogens is 389 g/mol. The molecule has 0 aliphatic carbocycles. The minimum absolute atomic E-state index is 0. The first-order valence-corrected chi connectivity index (χ1v) is 8.96. The minimum Gasteiger partial charge on any atom is -0.494 e. The Morgan fingerprint density at radius 2 is 1.81 bits per heavy atom. The Morgan fingerprint density at radius 1 is 1.19 bits per heavy atom. The fourth-order valence-corrected chi connectivity index (χ4v) is 2.97. The van der Waals surface area contributed by atoms with Crippen LogP contribution in [0.25, 0.3) is 0 Å². The Morgan fingerprint density at radius 3 is 2.37 bits per heavy atom. The summed E-state index contributed by atoms with van der Waals surface area (Å²) in [5.41, 5.74) is 0.356. The fraction of sp³-hybridized carbons (Fsp3) is 0.632. The number of nitrogens with zero attached hydrogens (tertiary/aromatic N) is 1. The van der Waals surface area contributed by atoms with Gasteiger partial charge in [0.2, 0.25) is 0 Å².